The van der Waals surface area contributed by atoms with Crippen molar-refractivity contribution >= 4 is 23.1 Å². The fourth-order valence-electron chi connectivity index (χ4n) is 3.35. The molecule has 0 saturated carbocycles. The monoisotopic (exact) mass is 362 g/mol. The number of aromatic nitrogens is 2. The van der Waals surface area contributed by atoms with Crippen LogP contribution in [0.2, 0.25) is 0 Å². The first-order chi connectivity index (χ1) is 13.3. The van der Waals surface area contributed by atoms with Gasteiger partial charge in [0.1, 0.15) is 17.3 Å². The quantitative estimate of drug-likeness (QED) is 0.729. The third kappa shape index (κ3) is 3.51. The van der Waals surface area contributed by atoms with Crippen molar-refractivity contribution < 1.29 is 9.47 Å². The van der Waals surface area contributed by atoms with E-state index < -0.39 is 0 Å². The molecule has 0 spiro atoms. The summed E-state index contributed by atoms with van der Waals surface area (Å²) in [5.41, 5.74) is 3.36. The molecule has 3 aromatic rings. The second-order valence-electron chi connectivity index (χ2n) is 6.31. The van der Waals surface area contributed by atoms with E-state index in [1.165, 1.54) is 11.3 Å². The molecule has 0 saturated heterocycles. The van der Waals surface area contributed by atoms with E-state index in [1.54, 1.807) is 20.4 Å². The number of rotatable bonds is 5. The first-order valence-corrected chi connectivity index (χ1v) is 8.96. The Labute approximate surface area is 158 Å². The Morgan fingerprint density at radius 3 is 2.78 bits per heavy atom. The van der Waals surface area contributed by atoms with Gasteiger partial charge in [-0.3, -0.25) is 0 Å². The zero-order chi connectivity index (χ0) is 18.6. The number of aryl methyl sites for hydroxylation is 1. The smallest absolute Gasteiger partial charge is 0.229 e. The SMILES string of the molecule is COc1ccc(Nc2nccc(N3CCCc4ccccc43)n2)c(OC)c1. The maximum Gasteiger partial charge on any atom is 0.229 e. The van der Waals surface area contributed by atoms with E-state index in [0.717, 1.165) is 36.6 Å². The van der Waals surface area contributed by atoms with Crippen molar-refractivity contribution in [2.45, 2.75) is 12.8 Å². The van der Waals surface area contributed by atoms with Gasteiger partial charge >= 0.3 is 0 Å². The molecule has 0 radical (unpaired) electrons. The highest BCUT2D eigenvalue weighted by molar-refractivity contribution is 5.68. The van der Waals surface area contributed by atoms with Crippen LogP contribution in [0.25, 0.3) is 0 Å². The van der Waals surface area contributed by atoms with Gasteiger partial charge in [-0.25, -0.2) is 4.98 Å². The molecule has 1 aromatic heterocycles. The number of nitrogens with one attached hydrogen (secondary N) is 1. The average Bonchev–Trinajstić information content (AvgIpc) is 2.74. The second kappa shape index (κ2) is 7.53. The molecule has 1 N–H and O–H groups in total. The highest BCUT2D eigenvalue weighted by atomic mass is 16.5. The molecule has 0 atom stereocenters. The summed E-state index contributed by atoms with van der Waals surface area (Å²) in [5, 5.41) is 3.25. The lowest BCUT2D eigenvalue weighted by molar-refractivity contribution is 0.395. The number of benzene rings is 2. The predicted octanol–water partition coefficient (Wildman–Crippen LogP) is 4.32. The molecule has 1 aliphatic heterocycles. The molecule has 6 heteroatoms. The van der Waals surface area contributed by atoms with E-state index in [4.69, 9.17) is 14.5 Å². The zero-order valence-electron chi connectivity index (χ0n) is 15.5. The van der Waals surface area contributed by atoms with Crippen molar-refractivity contribution in [3.05, 3.63) is 60.3 Å². The number of para-hydroxylation sites is 1. The van der Waals surface area contributed by atoms with Gasteiger partial charge in [0.05, 0.1) is 19.9 Å². The summed E-state index contributed by atoms with van der Waals surface area (Å²) in [4.78, 5) is 11.3. The lowest BCUT2D eigenvalue weighted by Crippen LogP contribution is -2.25. The Morgan fingerprint density at radius 1 is 1.04 bits per heavy atom. The molecule has 0 unspecified atom stereocenters. The molecule has 1 aliphatic rings. The second-order valence-corrected chi connectivity index (χ2v) is 6.31. The van der Waals surface area contributed by atoms with E-state index in [2.05, 4.69) is 39.5 Å². The van der Waals surface area contributed by atoms with Crippen LogP contribution in [0.3, 0.4) is 0 Å². The van der Waals surface area contributed by atoms with Crippen molar-refractivity contribution in [1.29, 1.82) is 0 Å². The van der Waals surface area contributed by atoms with E-state index in [9.17, 15) is 0 Å². The molecule has 0 amide bonds. The van der Waals surface area contributed by atoms with Crippen LogP contribution in [0.4, 0.5) is 23.1 Å². The van der Waals surface area contributed by atoms with Crippen LogP contribution in [0.5, 0.6) is 11.5 Å². The van der Waals surface area contributed by atoms with Crippen molar-refractivity contribution in [3.8, 4) is 11.5 Å². The Kier molecular flexibility index (Phi) is 4.78. The third-order valence-electron chi connectivity index (χ3n) is 4.68. The number of hydrogen-bond acceptors (Lipinski definition) is 6. The Morgan fingerprint density at radius 2 is 1.93 bits per heavy atom. The molecule has 4 rings (SSSR count). The minimum Gasteiger partial charge on any atom is -0.497 e. The van der Waals surface area contributed by atoms with Crippen LogP contribution in [-0.2, 0) is 6.42 Å². The Balaban J connectivity index is 1.63. The minimum atomic E-state index is 0.527. The van der Waals surface area contributed by atoms with Crippen molar-refractivity contribution in [1.82, 2.24) is 9.97 Å². The molecule has 6 nitrogen and oxygen atoms in total. The molecule has 27 heavy (non-hydrogen) atoms. The number of anilines is 4. The summed E-state index contributed by atoms with van der Waals surface area (Å²) < 4.78 is 10.7. The predicted molar refractivity (Wildman–Crippen MR) is 107 cm³/mol. The number of hydrogen-bond donors (Lipinski definition) is 1. The van der Waals surface area contributed by atoms with Crippen LogP contribution in [-0.4, -0.2) is 30.7 Å². The zero-order valence-corrected chi connectivity index (χ0v) is 15.5. The summed E-state index contributed by atoms with van der Waals surface area (Å²) in [6.45, 7) is 0.944. The highest BCUT2D eigenvalue weighted by Crippen LogP contribution is 2.34. The van der Waals surface area contributed by atoms with E-state index in [-0.39, 0.29) is 0 Å². The van der Waals surface area contributed by atoms with Gasteiger partial charge in [0.15, 0.2) is 0 Å². The molecule has 2 aromatic carbocycles. The topological polar surface area (TPSA) is 59.5 Å². The fourth-order valence-corrected chi connectivity index (χ4v) is 3.35. The number of fused-ring (bicyclic) bond motifs is 1. The van der Waals surface area contributed by atoms with E-state index in [0.29, 0.717) is 11.7 Å². The summed E-state index contributed by atoms with van der Waals surface area (Å²) in [6, 6.07) is 16.0. The maximum atomic E-state index is 5.44. The van der Waals surface area contributed by atoms with Crippen molar-refractivity contribution in [2.24, 2.45) is 0 Å². The number of ether oxygens (including phenoxy) is 2. The molecule has 138 valence electrons. The van der Waals surface area contributed by atoms with Gasteiger partial charge in [-0.05, 0) is 42.7 Å². The summed E-state index contributed by atoms with van der Waals surface area (Å²) >= 11 is 0. The van der Waals surface area contributed by atoms with E-state index in [1.807, 2.05) is 24.3 Å². The first-order valence-electron chi connectivity index (χ1n) is 8.96. The van der Waals surface area contributed by atoms with Gasteiger partial charge in [-0.2, -0.15) is 4.98 Å². The lowest BCUT2D eigenvalue weighted by Gasteiger charge is -2.30. The van der Waals surface area contributed by atoms with Gasteiger partial charge in [0.25, 0.3) is 0 Å². The normalized spacial score (nSPS) is 13.0. The summed E-state index contributed by atoms with van der Waals surface area (Å²) in [6.07, 6.45) is 3.99. The highest BCUT2D eigenvalue weighted by Gasteiger charge is 2.19. The number of methoxy groups -OCH3 is 2. The fraction of sp³-hybridized carbons (Fsp3) is 0.238. The molecule has 0 fully saturated rings. The average molecular weight is 362 g/mol. The lowest BCUT2D eigenvalue weighted by atomic mass is 10.0. The van der Waals surface area contributed by atoms with Gasteiger partial charge in [0.2, 0.25) is 5.95 Å². The van der Waals surface area contributed by atoms with Crippen molar-refractivity contribution in [2.75, 3.05) is 31.0 Å². The standard InChI is InChI=1S/C21H22N4O2/c1-26-16-9-10-17(19(14-16)27-2)23-21-22-12-11-20(24-21)25-13-5-7-15-6-3-4-8-18(15)25/h3-4,6,8-12,14H,5,7,13H2,1-2H3,(H,22,23,24). The molecular weight excluding hydrogens is 340 g/mol. The minimum absolute atomic E-state index is 0.527. The van der Waals surface area contributed by atoms with Crippen LogP contribution in [0, 0.1) is 0 Å². The third-order valence-corrected chi connectivity index (χ3v) is 4.68. The van der Waals surface area contributed by atoms with Crippen LogP contribution in [0.15, 0.2) is 54.7 Å². The number of nitrogens with zero attached hydrogens (tertiary/aromatic N) is 3. The van der Waals surface area contributed by atoms with Gasteiger partial charge < -0.3 is 19.7 Å². The maximum absolute atomic E-state index is 5.44. The molecule has 2 heterocycles. The van der Waals surface area contributed by atoms with Gasteiger partial charge in [-0.1, -0.05) is 18.2 Å². The Bertz CT molecular complexity index is 945. The summed E-state index contributed by atoms with van der Waals surface area (Å²) in [5.74, 6) is 2.81. The van der Waals surface area contributed by atoms with Crippen LogP contribution in [0.1, 0.15) is 12.0 Å². The first kappa shape index (κ1) is 17.1. The van der Waals surface area contributed by atoms with Gasteiger partial charge in [-0.15, -0.1) is 0 Å². The summed E-state index contributed by atoms with van der Waals surface area (Å²) in [7, 11) is 3.26. The Hall–Kier alpha value is -3.28. The van der Waals surface area contributed by atoms with Crippen LogP contribution >= 0.6 is 0 Å². The molecular formula is C21H22N4O2. The van der Waals surface area contributed by atoms with Gasteiger partial charge in [0, 0.05) is 24.5 Å². The molecule has 0 aliphatic carbocycles. The molecule has 0 bridgehead atoms. The van der Waals surface area contributed by atoms with Crippen molar-refractivity contribution in [3.63, 3.8) is 0 Å². The van der Waals surface area contributed by atoms with E-state index >= 15 is 0 Å². The largest absolute Gasteiger partial charge is 0.497 e. The van der Waals surface area contributed by atoms with Crippen LogP contribution < -0.4 is 19.7 Å².